The Balaban J connectivity index is 2.24. The van der Waals surface area contributed by atoms with Crippen molar-refractivity contribution in [1.82, 2.24) is 10.3 Å². The van der Waals surface area contributed by atoms with Crippen LogP contribution in [0.4, 0.5) is 5.69 Å². The minimum atomic E-state index is -1.08. The van der Waals surface area contributed by atoms with E-state index in [1.54, 1.807) is 37.3 Å². The number of carbonyl (C=O) groups excluding carboxylic acids is 2. The van der Waals surface area contributed by atoms with Gasteiger partial charge in [0.25, 0.3) is 11.8 Å². The Labute approximate surface area is 157 Å². The molecule has 142 valence electrons. The van der Waals surface area contributed by atoms with E-state index in [-0.39, 0.29) is 11.5 Å². The Bertz CT molecular complexity index is 821. The van der Waals surface area contributed by atoms with Crippen molar-refractivity contribution in [3.8, 4) is 0 Å². The lowest BCUT2D eigenvalue weighted by atomic mass is 10.0. The van der Waals surface area contributed by atoms with Crippen LogP contribution in [-0.4, -0.2) is 33.9 Å². The van der Waals surface area contributed by atoms with Gasteiger partial charge in [-0.15, -0.1) is 0 Å². The number of para-hydroxylation sites is 1. The average molecular weight is 369 g/mol. The summed E-state index contributed by atoms with van der Waals surface area (Å²) in [4.78, 5) is 40.4. The van der Waals surface area contributed by atoms with Crippen LogP contribution in [0.25, 0.3) is 0 Å². The number of unbranched alkanes of at least 4 members (excludes halogenated alkanes) is 1. The van der Waals surface area contributed by atoms with Gasteiger partial charge in [-0.2, -0.15) is 0 Å². The molecule has 2 aromatic rings. The Morgan fingerprint density at radius 2 is 1.81 bits per heavy atom. The highest BCUT2D eigenvalue weighted by molar-refractivity contribution is 6.10. The molecular weight excluding hydrogens is 346 g/mol. The van der Waals surface area contributed by atoms with Gasteiger partial charge < -0.3 is 15.7 Å². The molecule has 0 aliphatic rings. The molecule has 1 unspecified atom stereocenters. The minimum absolute atomic E-state index is 0.222. The maximum Gasteiger partial charge on any atom is 0.326 e. The summed E-state index contributed by atoms with van der Waals surface area (Å²) in [5, 5.41) is 14.6. The third-order valence-electron chi connectivity index (χ3n) is 4.15. The van der Waals surface area contributed by atoms with Crippen LogP contribution < -0.4 is 10.6 Å². The number of anilines is 1. The van der Waals surface area contributed by atoms with E-state index in [0.717, 1.165) is 6.42 Å². The van der Waals surface area contributed by atoms with Gasteiger partial charge in [0, 0.05) is 18.0 Å². The molecule has 0 bridgehead atoms. The molecule has 0 saturated heterocycles. The molecule has 0 spiro atoms. The maximum absolute atomic E-state index is 12.7. The fourth-order valence-corrected chi connectivity index (χ4v) is 2.61. The van der Waals surface area contributed by atoms with Crippen LogP contribution in [0.5, 0.6) is 0 Å². The predicted molar refractivity (Wildman–Crippen MR) is 102 cm³/mol. The number of benzene rings is 1. The van der Waals surface area contributed by atoms with Crippen molar-refractivity contribution in [2.75, 3.05) is 5.32 Å². The van der Waals surface area contributed by atoms with Crippen molar-refractivity contribution in [2.24, 2.45) is 0 Å². The van der Waals surface area contributed by atoms with E-state index in [9.17, 15) is 19.5 Å². The lowest BCUT2D eigenvalue weighted by Gasteiger charge is -2.17. The number of carboxylic acids is 1. The van der Waals surface area contributed by atoms with Crippen molar-refractivity contribution >= 4 is 23.5 Å². The summed E-state index contributed by atoms with van der Waals surface area (Å²) in [5.41, 5.74) is 1.69. The Kier molecular flexibility index (Phi) is 7.05. The number of aliphatic carboxylic acids is 1. The van der Waals surface area contributed by atoms with Gasteiger partial charge in [-0.1, -0.05) is 31.9 Å². The first-order valence-corrected chi connectivity index (χ1v) is 8.78. The van der Waals surface area contributed by atoms with Crippen LogP contribution in [0, 0.1) is 6.92 Å². The van der Waals surface area contributed by atoms with E-state index in [1.807, 2.05) is 6.92 Å². The van der Waals surface area contributed by atoms with Crippen molar-refractivity contribution < 1.29 is 19.5 Å². The SMILES string of the molecule is CCCCC(NC(=O)c1cccc(C)c1NC(=O)c1ccncc1)C(=O)O. The quantitative estimate of drug-likeness (QED) is 0.663. The first-order valence-electron chi connectivity index (χ1n) is 8.78. The maximum atomic E-state index is 12.7. The van der Waals surface area contributed by atoms with E-state index in [1.165, 1.54) is 12.4 Å². The van der Waals surface area contributed by atoms with Gasteiger partial charge in [0.05, 0.1) is 11.3 Å². The smallest absolute Gasteiger partial charge is 0.326 e. The molecule has 0 radical (unpaired) electrons. The lowest BCUT2D eigenvalue weighted by Crippen LogP contribution is -2.41. The summed E-state index contributed by atoms with van der Waals surface area (Å²) >= 11 is 0. The Morgan fingerprint density at radius 3 is 2.44 bits per heavy atom. The van der Waals surface area contributed by atoms with Crippen LogP contribution in [0.15, 0.2) is 42.7 Å². The van der Waals surface area contributed by atoms with E-state index < -0.39 is 17.9 Å². The van der Waals surface area contributed by atoms with Gasteiger partial charge in [-0.3, -0.25) is 14.6 Å². The molecule has 2 rings (SSSR count). The van der Waals surface area contributed by atoms with Gasteiger partial charge in [0.1, 0.15) is 6.04 Å². The van der Waals surface area contributed by atoms with Crippen LogP contribution in [0.3, 0.4) is 0 Å². The van der Waals surface area contributed by atoms with Crippen LogP contribution in [-0.2, 0) is 4.79 Å². The van der Waals surface area contributed by atoms with Gasteiger partial charge in [0.2, 0.25) is 0 Å². The number of hydrogen-bond donors (Lipinski definition) is 3. The highest BCUT2D eigenvalue weighted by atomic mass is 16.4. The molecule has 1 aromatic heterocycles. The summed E-state index contributed by atoms with van der Waals surface area (Å²) < 4.78 is 0. The van der Waals surface area contributed by atoms with E-state index in [4.69, 9.17) is 0 Å². The third-order valence-corrected chi connectivity index (χ3v) is 4.15. The molecule has 7 heteroatoms. The monoisotopic (exact) mass is 369 g/mol. The molecule has 1 atom stereocenters. The predicted octanol–water partition coefficient (Wildman–Crippen LogP) is 3.02. The summed E-state index contributed by atoms with van der Waals surface area (Å²) in [6.07, 6.45) is 4.88. The summed E-state index contributed by atoms with van der Waals surface area (Å²) in [6.45, 7) is 3.72. The number of pyridine rings is 1. The third kappa shape index (κ3) is 5.37. The van der Waals surface area contributed by atoms with Crippen LogP contribution in [0.2, 0.25) is 0 Å². The fraction of sp³-hybridized carbons (Fsp3) is 0.300. The zero-order valence-corrected chi connectivity index (χ0v) is 15.4. The van der Waals surface area contributed by atoms with Crippen LogP contribution >= 0.6 is 0 Å². The topological polar surface area (TPSA) is 108 Å². The molecule has 0 fully saturated rings. The number of amides is 2. The number of carbonyl (C=O) groups is 3. The number of rotatable bonds is 8. The molecular formula is C20H23N3O4. The molecule has 0 aliphatic carbocycles. The normalized spacial score (nSPS) is 11.5. The summed E-state index contributed by atoms with van der Waals surface area (Å²) in [7, 11) is 0. The second kappa shape index (κ2) is 9.47. The number of nitrogens with zero attached hydrogens (tertiary/aromatic N) is 1. The van der Waals surface area contributed by atoms with Gasteiger partial charge >= 0.3 is 5.97 Å². The lowest BCUT2D eigenvalue weighted by molar-refractivity contribution is -0.139. The Hall–Kier alpha value is -3.22. The van der Waals surface area contributed by atoms with E-state index in [2.05, 4.69) is 15.6 Å². The number of aromatic nitrogens is 1. The molecule has 1 aromatic carbocycles. The molecule has 3 N–H and O–H groups in total. The molecule has 27 heavy (non-hydrogen) atoms. The second-order valence-electron chi connectivity index (χ2n) is 6.19. The zero-order valence-electron chi connectivity index (χ0n) is 15.4. The number of nitrogens with one attached hydrogen (secondary N) is 2. The van der Waals surface area contributed by atoms with E-state index in [0.29, 0.717) is 29.7 Å². The van der Waals surface area contributed by atoms with Crippen LogP contribution in [0.1, 0.15) is 52.5 Å². The van der Waals surface area contributed by atoms with Crippen molar-refractivity contribution in [1.29, 1.82) is 0 Å². The second-order valence-corrected chi connectivity index (χ2v) is 6.19. The molecule has 0 aliphatic heterocycles. The Morgan fingerprint density at radius 1 is 1.11 bits per heavy atom. The largest absolute Gasteiger partial charge is 0.480 e. The van der Waals surface area contributed by atoms with Crippen molar-refractivity contribution in [3.63, 3.8) is 0 Å². The minimum Gasteiger partial charge on any atom is -0.480 e. The number of carboxylic acid groups (broad SMARTS) is 1. The molecule has 7 nitrogen and oxygen atoms in total. The standard InChI is InChI=1S/C20H23N3O4/c1-3-4-8-16(20(26)27)22-19(25)15-7-5-6-13(2)17(15)23-18(24)14-9-11-21-12-10-14/h5-7,9-12,16H,3-4,8H2,1-2H3,(H,22,25)(H,23,24)(H,26,27). The van der Waals surface area contributed by atoms with Crippen molar-refractivity contribution in [3.05, 3.63) is 59.4 Å². The zero-order chi connectivity index (χ0) is 19.8. The molecule has 0 saturated carbocycles. The number of hydrogen-bond acceptors (Lipinski definition) is 4. The highest BCUT2D eigenvalue weighted by Gasteiger charge is 2.22. The van der Waals surface area contributed by atoms with Crippen molar-refractivity contribution in [2.45, 2.75) is 39.2 Å². The average Bonchev–Trinajstić information content (AvgIpc) is 2.66. The first-order chi connectivity index (χ1) is 12.9. The van der Waals surface area contributed by atoms with Gasteiger partial charge in [-0.25, -0.2) is 4.79 Å². The fourth-order valence-electron chi connectivity index (χ4n) is 2.61. The van der Waals surface area contributed by atoms with Gasteiger partial charge in [-0.05, 0) is 37.1 Å². The van der Waals surface area contributed by atoms with Gasteiger partial charge in [0.15, 0.2) is 0 Å². The summed E-state index contributed by atoms with van der Waals surface area (Å²) in [6, 6.07) is 7.18. The number of aryl methyl sites for hydroxylation is 1. The molecule has 1 heterocycles. The first kappa shape index (κ1) is 20.1. The highest BCUT2D eigenvalue weighted by Crippen LogP contribution is 2.22. The summed E-state index contributed by atoms with van der Waals surface area (Å²) in [5.74, 6) is -1.99. The molecule has 2 amide bonds. The van der Waals surface area contributed by atoms with E-state index >= 15 is 0 Å².